The summed E-state index contributed by atoms with van der Waals surface area (Å²) in [5, 5.41) is 13.2. The third kappa shape index (κ3) is 28.8. The number of phosphoric acid groups is 1. The van der Waals surface area contributed by atoms with Crippen molar-refractivity contribution < 1.29 is 28.8 Å². The van der Waals surface area contributed by atoms with Gasteiger partial charge in [-0.2, -0.15) is 0 Å². The fourth-order valence-electron chi connectivity index (χ4n) is 4.93. The van der Waals surface area contributed by atoms with Crippen LogP contribution in [0.1, 0.15) is 168 Å². The molecule has 40 heavy (non-hydrogen) atoms. The molecule has 0 heterocycles. The number of hydrogen-bond acceptors (Lipinski definition) is 4. The molecular formula is C32H64NO6P. The van der Waals surface area contributed by atoms with E-state index < -0.39 is 26.6 Å². The summed E-state index contributed by atoms with van der Waals surface area (Å²) in [6.45, 7) is 4.02. The molecule has 0 saturated heterocycles. The molecule has 0 rings (SSSR count). The first kappa shape index (κ1) is 39.3. The average Bonchev–Trinajstić information content (AvgIpc) is 2.91. The van der Waals surface area contributed by atoms with Gasteiger partial charge in [0.05, 0.1) is 18.8 Å². The van der Waals surface area contributed by atoms with Gasteiger partial charge in [0, 0.05) is 6.42 Å². The predicted molar refractivity (Wildman–Crippen MR) is 167 cm³/mol. The highest BCUT2D eigenvalue weighted by Crippen LogP contribution is 2.35. The van der Waals surface area contributed by atoms with Crippen LogP contribution in [0.5, 0.6) is 0 Å². The van der Waals surface area contributed by atoms with E-state index in [9.17, 15) is 14.5 Å². The van der Waals surface area contributed by atoms with E-state index in [0.717, 1.165) is 38.5 Å². The van der Waals surface area contributed by atoms with Gasteiger partial charge in [0.1, 0.15) is 0 Å². The molecule has 0 aromatic rings. The van der Waals surface area contributed by atoms with Crippen molar-refractivity contribution in [2.24, 2.45) is 0 Å². The molecule has 0 saturated carbocycles. The molecule has 0 unspecified atom stereocenters. The Hall–Kier alpha value is -0.720. The van der Waals surface area contributed by atoms with Crippen LogP contribution in [0.2, 0.25) is 0 Å². The number of amides is 1. The Labute approximate surface area is 246 Å². The van der Waals surface area contributed by atoms with Gasteiger partial charge in [-0.25, -0.2) is 4.57 Å². The minimum Gasteiger partial charge on any atom is -0.387 e. The number of unbranched alkanes of at least 4 members (excludes halogenated alkanes) is 21. The van der Waals surface area contributed by atoms with Crippen molar-refractivity contribution in [3.05, 3.63) is 12.2 Å². The van der Waals surface area contributed by atoms with Gasteiger partial charge in [-0.1, -0.05) is 154 Å². The Kier molecular flexibility index (Phi) is 27.9. The van der Waals surface area contributed by atoms with Crippen molar-refractivity contribution in [2.75, 3.05) is 6.61 Å². The largest absolute Gasteiger partial charge is 0.469 e. The van der Waals surface area contributed by atoms with Crippen molar-refractivity contribution in [3.8, 4) is 0 Å². The molecule has 0 aliphatic rings. The fraction of sp³-hybridized carbons (Fsp3) is 0.906. The molecule has 0 aromatic heterocycles. The highest BCUT2D eigenvalue weighted by Gasteiger charge is 2.24. The van der Waals surface area contributed by atoms with Gasteiger partial charge in [0.25, 0.3) is 0 Å². The summed E-state index contributed by atoms with van der Waals surface area (Å²) in [4.78, 5) is 30.6. The SMILES string of the molecule is CCCCCCCCC/C=C/[C@@H](O)[C@H](COP(=O)(O)O)NC(=O)CCCCCCCCCCCCCCCCC. The molecule has 0 spiro atoms. The summed E-state index contributed by atoms with van der Waals surface area (Å²) >= 11 is 0. The van der Waals surface area contributed by atoms with Gasteiger partial charge >= 0.3 is 7.82 Å². The molecule has 0 fully saturated rings. The van der Waals surface area contributed by atoms with E-state index in [1.165, 1.54) is 109 Å². The molecule has 0 aromatic carbocycles. The molecule has 1 amide bonds. The summed E-state index contributed by atoms with van der Waals surface area (Å²) < 4.78 is 15.8. The number of nitrogens with one attached hydrogen (secondary N) is 1. The number of rotatable bonds is 30. The van der Waals surface area contributed by atoms with Crippen molar-refractivity contribution in [1.29, 1.82) is 0 Å². The summed E-state index contributed by atoms with van der Waals surface area (Å²) in [6, 6.07) is -0.901. The lowest BCUT2D eigenvalue weighted by molar-refractivity contribution is -0.123. The second-order valence-corrected chi connectivity index (χ2v) is 12.7. The zero-order chi connectivity index (χ0) is 29.7. The number of phosphoric ester groups is 1. The number of hydrogen-bond donors (Lipinski definition) is 4. The van der Waals surface area contributed by atoms with Gasteiger partial charge in [0.15, 0.2) is 0 Å². The first-order valence-corrected chi connectivity index (χ1v) is 18.2. The van der Waals surface area contributed by atoms with E-state index in [-0.39, 0.29) is 5.91 Å². The zero-order valence-electron chi connectivity index (χ0n) is 26.0. The van der Waals surface area contributed by atoms with Gasteiger partial charge in [-0.05, 0) is 19.3 Å². The summed E-state index contributed by atoms with van der Waals surface area (Å²) in [5.74, 6) is -0.228. The maximum atomic E-state index is 12.4. The van der Waals surface area contributed by atoms with Crippen LogP contribution in [0.25, 0.3) is 0 Å². The van der Waals surface area contributed by atoms with E-state index in [2.05, 4.69) is 23.7 Å². The third-order valence-electron chi connectivity index (χ3n) is 7.50. The van der Waals surface area contributed by atoms with E-state index in [1.807, 2.05) is 6.08 Å². The number of aliphatic hydroxyl groups is 1. The lowest BCUT2D eigenvalue weighted by atomic mass is 10.0. The standard InChI is InChI=1S/C32H64NO6P/c1-3-5-7-9-11-13-14-15-16-17-18-20-22-24-26-28-32(35)33-30(29-39-40(36,37)38)31(34)27-25-23-21-19-12-10-8-6-4-2/h25,27,30-31,34H,3-24,26,28-29H2,1-2H3,(H,33,35)(H2,36,37,38)/b27-25+/t30-,31+/m0/s1. The molecule has 0 aliphatic heterocycles. The monoisotopic (exact) mass is 589 g/mol. The van der Waals surface area contributed by atoms with Crippen LogP contribution in [0, 0.1) is 0 Å². The second-order valence-electron chi connectivity index (χ2n) is 11.5. The van der Waals surface area contributed by atoms with E-state index in [4.69, 9.17) is 9.79 Å². The van der Waals surface area contributed by atoms with Crippen LogP contribution < -0.4 is 5.32 Å². The quantitative estimate of drug-likeness (QED) is 0.0378. The maximum absolute atomic E-state index is 12.4. The zero-order valence-corrected chi connectivity index (χ0v) is 26.9. The predicted octanol–water partition coefficient (Wildman–Crippen LogP) is 8.90. The van der Waals surface area contributed by atoms with Gasteiger partial charge in [-0.3, -0.25) is 9.32 Å². The first-order chi connectivity index (χ1) is 19.3. The maximum Gasteiger partial charge on any atom is 0.469 e. The molecule has 0 bridgehead atoms. The molecule has 0 radical (unpaired) electrons. The van der Waals surface area contributed by atoms with Crippen molar-refractivity contribution in [1.82, 2.24) is 5.32 Å². The summed E-state index contributed by atoms with van der Waals surface area (Å²) in [6.07, 6.45) is 30.9. The Morgan fingerprint density at radius 1 is 0.700 bits per heavy atom. The van der Waals surface area contributed by atoms with Crippen LogP contribution in [0.4, 0.5) is 0 Å². The van der Waals surface area contributed by atoms with E-state index in [1.54, 1.807) is 6.08 Å². The van der Waals surface area contributed by atoms with Crippen molar-refractivity contribution in [3.63, 3.8) is 0 Å². The molecular weight excluding hydrogens is 525 g/mol. The highest BCUT2D eigenvalue weighted by molar-refractivity contribution is 7.46. The van der Waals surface area contributed by atoms with Crippen LogP contribution in [0.15, 0.2) is 12.2 Å². The van der Waals surface area contributed by atoms with Gasteiger partial charge < -0.3 is 20.2 Å². The van der Waals surface area contributed by atoms with Crippen LogP contribution in [-0.2, 0) is 13.9 Å². The van der Waals surface area contributed by atoms with Crippen LogP contribution in [-0.4, -0.2) is 39.6 Å². The summed E-state index contributed by atoms with van der Waals surface area (Å²) in [7, 11) is -4.70. The highest BCUT2D eigenvalue weighted by atomic mass is 31.2. The summed E-state index contributed by atoms with van der Waals surface area (Å²) in [5.41, 5.74) is 0. The normalized spacial score (nSPS) is 13.6. The Bertz CT molecular complexity index is 639. The van der Waals surface area contributed by atoms with Crippen LogP contribution >= 0.6 is 7.82 Å². The minimum atomic E-state index is -4.70. The molecule has 7 nitrogen and oxygen atoms in total. The molecule has 4 N–H and O–H groups in total. The van der Waals surface area contributed by atoms with E-state index in [0.29, 0.717) is 6.42 Å². The number of carbonyl (C=O) groups excluding carboxylic acids is 1. The Balaban J connectivity index is 4.03. The smallest absolute Gasteiger partial charge is 0.387 e. The first-order valence-electron chi connectivity index (χ1n) is 16.6. The number of carbonyl (C=O) groups is 1. The Morgan fingerprint density at radius 2 is 1.10 bits per heavy atom. The minimum absolute atomic E-state index is 0.228. The van der Waals surface area contributed by atoms with E-state index >= 15 is 0 Å². The molecule has 238 valence electrons. The van der Waals surface area contributed by atoms with Gasteiger partial charge in [0.2, 0.25) is 5.91 Å². The van der Waals surface area contributed by atoms with Crippen molar-refractivity contribution in [2.45, 2.75) is 180 Å². The molecule has 8 heteroatoms. The lowest BCUT2D eigenvalue weighted by Crippen LogP contribution is -2.45. The lowest BCUT2D eigenvalue weighted by Gasteiger charge is -2.22. The van der Waals surface area contributed by atoms with Crippen LogP contribution in [0.3, 0.4) is 0 Å². The fourth-order valence-corrected chi connectivity index (χ4v) is 5.28. The average molecular weight is 590 g/mol. The molecule has 2 atom stereocenters. The molecule has 0 aliphatic carbocycles. The number of aliphatic hydroxyl groups excluding tert-OH is 1. The van der Waals surface area contributed by atoms with Crippen molar-refractivity contribution >= 4 is 13.7 Å². The third-order valence-corrected chi connectivity index (χ3v) is 7.98. The van der Waals surface area contributed by atoms with Gasteiger partial charge in [-0.15, -0.1) is 0 Å². The second kappa shape index (κ2) is 28.4. The Morgan fingerprint density at radius 3 is 1.52 bits per heavy atom. The topological polar surface area (TPSA) is 116 Å². The number of allylic oxidation sites excluding steroid dienone is 1.